The minimum Gasteiger partial charge on any atom is -0.373 e. The van der Waals surface area contributed by atoms with Gasteiger partial charge in [-0.25, -0.2) is 0 Å². The summed E-state index contributed by atoms with van der Waals surface area (Å²) in [6.07, 6.45) is 0. The summed E-state index contributed by atoms with van der Waals surface area (Å²) >= 11 is 0. The fourth-order valence-corrected chi connectivity index (χ4v) is 4.03. The summed E-state index contributed by atoms with van der Waals surface area (Å²) in [6, 6.07) is 25.8. The predicted molar refractivity (Wildman–Crippen MR) is 105 cm³/mol. The average molecular weight is 354 g/mol. The van der Waals surface area contributed by atoms with Crippen molar-refractivity contribution in [3.8, 4) is 0 Å². The van der Waals surface area contributed by atoms with Crippen molar-refractivity contribution < 1.29 is 9.63 Å². The highest BCUT2D eigenvalue weighted by Gasteiger charge is 2.61. The summed E-state index contributed by atoms with van der Waals surface area (Å²) in [5.74, 6) is -0.506. The number of amides is 1. The molecule has 3 aromatic carbocycles. The Hall–Kier alpha value is -3.40. The molecule has 0 saturated carbocycles. The molecule has 27 heavy (non-hydrogen) atoms. The summed E-state index contributed by atoms with van der Waals surface area (Å²) in [5.41, 5.74) is 4.33. The van der Waals surface area contributed by atoms with Crippen molar-refractivity contribution in [3.63, 3.8) is 0 Å². The highest BCUT2D eigenvalue weighted by molar-refractivity contribution is 6.15. The van der Waals surface area contributed by atoms with Crippen LogP contribution in [0.2, 0.25) is 0 Å². The molecule has 2 aliphatic heterocycles. The quantitative estimate of drug-likeness (QED) is 0.743. The normalized spacial score (nSPS) is 22.9. The Labute approximate surface area is 157 Å². The number of hydrogen-bond donors (Lipinski definition) is 1. The Morgan fingerprint density at radius 2 is 1.63 bits per heavy atom. The second-order valence-electron chi connectivity index (χ2n) is 7.01. The number of anilines is 1. The first kappa shape index (κ1) is 15.8. The summed E-state index contributed by atoms with van der Waals surface area (Å²) in [7, 11) is 0. The second kappa shape index (κ2) is 5.81. The number of rotatable bonds is 2. The van der Waals surface area contributed by atoms with Gasteiger partial charge in [0.1, 0.15) is 0 Å². The molecule has 1 spiro atoms. The standard InChI is InChI=1S/C23H18N2O2/c1-15-11-13-16(14-12-15)20-21(17-7-3-2-4-8-17)25-27-23(20)18-9-5-6-10-19(18)24-22(23)26/h2-14,20H,1H3,(H,24,26)/t20-,23-/m0/s1. The molecule has 2 heterocycles. The van der Waals surface area contributed by atoms with Crippen LogP contribution in [-0.4, -0.2) is 11.6 Å². The molecule has 5 rings (SSSR count). The Kier molecular flexibility index (Phi) is 3.41. The number of oxime groups is 1. The smallest absolute Gasteiger partial charge is 0.277 e. The molecule has 4 nitrogen and oxygen atoms in total. The number of benzene rings is 3. The minimum atomic E-state index is -1.18. The molecule has 2 atom stereocenters. The zero-order valence-electron chi connectivity index (χ0n) is 14.8. The van der Waals surface area contributed by atoms with Crippen LogP contribution in [0.4, 0.5) is 5.69 Å². The molecule has 1 amide bonds. The molecule has 0 unspecified atom stereocenters. The van der Waals surface area contributed by atoms with Crippen LogP contribution in [-0.2, 0) is 15.2 Å². The van der Waals surface area contributed by atoms with Crippen LogP contribution in [0.3, 0.4) is 0 Å². The van der Waals surface area contributed by atoms with Gasteiger partial charge in [0.15, 0.2) is 0 Å². The van der Waals surface area contributed by atoms with E-state index in [9.17, 15) is 4.79 Å². The van der Waals surface area contributed by atoms with Crippen LogP contribution >= 0.6 is 0 Å². The summed E-state index contributed by atoms with van der Waals surface area (Å²) in [6.45, 7) is 2.05. The molecule has 0 bridgehead atoms. The monoisotopic (exact) mass is 354 g/mol. The molecule has 4 heteroatoms. The Balaban J connectivity index is 1.73. The zero-order chi connectivity index (χ0) is 18.4. The fourth-order valence-electron chi connectivity index (χ4n) is 4.03. The van der Waals surface area contributed by atoms with Crippen LogP contribution in [0.1, 0.15) is 28.2 Å². The lowest BCUT2D eigenvalue weighted by Crippen LogP contribution is -2.41. The highest BCUT2D eigenvalue weighted by atomic mass is 16.7. The number of hydrogen-bond acceptors (Lipinski definition) is 3. The van der Waals surface area contributed by atoms with Crippen LogP contribution in [0.15, 0.2) is 84.0 Å². The summed E-state index contributed by atoms with van der Waals surface area (Å²) in [5, 5.41) is 7.40. The lowest BCUT2D eigenvalue weighted by atomic mass is 9.74. The molecule has 2 aliphatic rings. The maximum Gasteiger partial charge on any atom is 0.277 e. The molecule has 0 aliphatic carbocycles. The lowest BCUT2D eigenvalue weighted by Gasteiger charge is -2.28. The highest BCUT2D eigenvalue weighted by Crippen LogP contribution is 2.52. The molecule has 0 saturated heterocycles. The van der Waals surface area contributed by atoms with Crippen LogP contribution in [0.5, 0.6) is 0 Å². The van der Waals surface area contributed by atoms with Crippen molar-refractivity contribution in [3.05, 3.63) is 101 Å². The van der Waals surface area contributed by atoms with E-state index >= 15 is 0 Å². The first-order valence-corrected chi connectivity index (χ1v) is 8.99. The van der Waals surface area contributed by atoms with Gasteiger partial charge in [-0.3, -0.25) is 4.79 Å². The first-order chi connectivity index (χ1) is 13.2. The van der Waals surface area contributed by atoms with E-state index in [1.807, 2.05) is 54.6 Å². The first-order valence-electron chi connectivity index (χ1n) is 8.99. The Morgan fingerprint density at radius 3 is 2.41 bits per heavy atom. The van der Waals surface area contributed by atoms with E-state index in [1.165, 1.54) is 5.56 Å². The van der Waals surface area contributed by atoms with Crippen molar-refractivity contribution in [1.82, 2.24) is 0 Å². The molecule has 1 N–H and O–H groups in total. The van der Waals surface area contributed by atoms with E-state index in [-0.39, 0.29) is 11.8 Å². The van der Waals surface area contributed by atoms with Crippen molar-refractivity contribution in [1.29, 1.82) is 0 Å². The lowest BCUT2D eigenvalue weighted by molar-refractivity contribution is -0.139. The van der Waals surface area contributed by atoms with Gasteiger partial charge < -0.3 is 10.2 Å². The van der Waals surface area contributed by atoms with E-state index in [0.717, 1.165) is 28.1 Å². The van der Waals surface area contributed by atoms with E-state index in [0.29, 0.717) is 0 Å². The van der Waals surface area contributed by atoms with Gasteiger partial charge in [-0.15, -0.1) is 0 Å². The topological polar surface area (TPSA) is 50.7 Å². The van der Waals surface area contributed by atoms with Gasteiger partial charge in [-0.2, -0.15) is 0 Å². The third-order valence-corrected chi connectivity index (χ3v) is 5.36. The van der Waals surface area contributed by atoms with E-state index in [2.05, 4.69) is 41.7 Å². The Bertz CT molecular complexity index is 1060. The summed E-state index contributed by atoms with van der Waals surface area (Å²) < 4.78 is 0. The average Bonchev–Trinajstić information content (AvgIpc) is 3.23. The molecular weight excluding hydrogens is 336 g/mol. The molecule has 3 aromatic rings. The zero-order valence-corrected chi connectivity index (χ0v) is 14.8. The largest absolute Gasteiger partial charge is 0.373 e. The van der Waals surface area contributed by atoms with Crippen molar-refractivity contribution in [2.45, 2.75) is 18.4 Å². The van der Waals surface area contributed by atoms with Gasteiger partial charge in [-0.1, -0.05) is 83.5 Å². The molecule has 0 radical (unpaired) electrons. The number of carbonyl (C=O) groups is 1. The molecule has 0 fully saturated rings. The van der Waals surface area contributed by atoms with E-state index in [4.69, 9.17) is 4.84 Å². The third-order valence-electron chi connectivity index (χ3n) is 5.36. The number of nitrogens with one attached hydrogen (secondary N) is 1. The minimum absolute atomic E-state index is 0.177. The third kappa shape index (κ3) is 2.23. The van der Waals surface area contributed by atoms with Crippen LogP contribution in [0.25, 0.3) is 0 Å². The second-order valence-corrected chi connectivity index (χ2v) is 7.01. The van der Waals surface area contributed by atoms with Gasteiger partial charge in [-0.05, 0) is 18.6 Å². The molecular formula is C23H18N2O2. The number of para-hydroxylation sites is 1. The van der Waals surface area contributed by atoms with Crippen molar-refractivity contribution in [2.75, 3.05) is 5.32 Å². The molecule has 0 aromatic heterocycles. The number of carbonyl (C=O) groups excluding carboxylic acids is 1. The van der Waals surface area contributed by atoms with Gasteiger partial charge in [0.05, 0.1) is 11.6 Å². The Morgan fingerprint density at radius 1 is 0.926 bits per heavy atom. The van der Waals surface area contributed by atoms with Crippen LogP contribution < -0.4 is 5.32 Å². The van der Waals surface area contributed by atoms with E-state index < -0.39 is 5.60 Å². The van der Waals surface area contributed by atoms with Crippen molar-refractivity contribution >= 4 is 17.3 Å². The van der Waals surface area contributed by atoms with Crippen LogP contribution in [0, 0.1) is 6.92 Å². The van der Waals surface area contributed by atoms with Crippen molar-refractivity contribution in [2.24, 2.45) is 5.16 Å². The van der Waals surface area contributed by atoms with Gasteiger partial charge in [0, 0.05) is 16.8 Å². The van der Waals surface area contributed by atoms with Gasteiger partial charge in [0.2, 0.25) is 0 Å². The molecule has 132 valence electrons. The van der Waals surface area contributed by atoms with Gasteiger partial charge in [0.25, 0.3) is 11.5 Å². The fraction of sp³-hybridized carbons (Fsp3) is 0.130. The summed E-state index contributed by atoms with van der Waals surface area (Å²) in [4.78, 5) is 19.2. The predicted octanol–water partition coefficient (Wildman–Crippen LogP) is 4.36. The SMILES string of the molecule is Cc1ccc([C@H]2C(c3ccccc3)=NO[C@]23C(=O)Nc2ccccc23)cc1. The maximum atomic E-state index is 13.2. The number of aryl methyl sites for hydroxylation is 1. The number of fused-ring (bicyclic) bond motifs is 2. The van der Waals surface area contributed by atoms with Gasteiger partial charge >= 0.3 is 0 Å². The maximum absolute atomic E-state index is 13.2. The number of nitrogens with zero attached hydrogens (tertiary/aromatic N) is 1. The van der Waals surface area contributed by atoms with E-state index in [1.54, 1.807) is 0 Å².